The lowest BCUT2D eigenvalue weighted by molar-refractivity contribution is 0.0223. The summed E-state index contributed by atoms with van der Waals surface area (Å²) in [6.45, 7) is 4.40. The predicted octanol–water partition coefficient (Wildman–Crippen LogP) is 4.90. The molecule has 2 aromatic carbocycles. The molecule has 0 radical (unpaired) electrons. The molecule has 0 saturated carbocycles. The molecule has 43 heavy (non-hydrogen) atoms. The molecule has 0 amide bonds. The Morgan fingerprint density at radius 3 is 2.19 bits per heavy atom. The van der Waals surface area contributed by atoms with Crippen LogP contribution in [0.1, 0.15) is 53.8 Å². The van der Waals surface area contributed by atoms with E-state index < -0.39 is 28.2 Å². The largest absolute Gasteiger partial charge is 0.493 e. The summed E-state index contributed by atoms with van der Waals surface area (Å²) in [5.74, 6) is -0.0702. The lowest BCUT2D eigenvalue weighted by Gasteiger charge is -2.19. The first kappa shape index (κ1) is 33.9. The molecule has 0 fully saturated rings. The third-order valence-corrected chi connectivity index (χ3v) is 7.21. The molecular weight excluding hydrogens is 604 g/mol. The van der Waals surface area contributed by atoms with Gasteiger partial charge in [0.1, 0.15) is 6.10 Å². The van der Waals surface area contributed by atoms with Gasteiger partial charge in [-0.15, -0.1) is 0 Å². The Hall–Kier alpha value is -3.55. The second-order valence-electron chi connectivity index (χ2n) is 10.1. The lowest BCUT2D eigenvalue weighted by Crippen LogP contribution is -2.22. The summed E-state index contributed by atoms with van der Waals surface area (Å²) in [6.07, 6.45) is 2.84. The standard InChI is InChI=1S/C29H37ClN2O10S/c1-18(2)17-40-28(33)19-12-23(30)22-16-31-32(24(22)13-19)10-7-8-21(9-11-41-43(6,35)36)42-29(34)20-14-25(37-3)27(39-5)26(15-20)38-4/h12-16,18,21H,7-11,17H2,1-6H3. The highest BCUT2D eigenvalue weighted by atomic mass is 35.5. The van der Waals surface area contributed by atoms with Crippen LogP contribution in [-0.2, 0) is 30.3 Å². The van der Waals surface area contributed by atoms with Crippen molar-refractivity contribution in [3.8, 4) is 17.2 Å². The highest BCUT2D eigenvalue weighted by Gasteiger charge is 2.22. The quantitative estimate of drug-likeness (QED) is 0.156. The van der Waals surface area contributed by atoms with Gasteiger partial charge in [0.15, 0.2) is 11.5 Å². The number of fused-ring (bicyclic) bond motifs is 1. The maximum Gasteiger partial charge on any atom is 0.338 e. The smallest absolute Gasteiger partial charge is 0.338 e. The van der Waals surface area contributed by atoms with Crippen LogP contribution in [0.3, 0.4) is 0 Å². The number of carbonyl (C=O) groups is 2. The fourth-order valence-electron chi connectivity index (χ4n) is 4.24. The van der Waals surface area contributed by atoms with Crippen molar-refractivity contribution in [2.24, 2.45) is 5.92 Å². The van der Waals surface area contributed by atoms with Crippen LogP contribution in [0.5, 0.6) is 17.2 Å². The minimum atomic E-state index is -3.68. The van der Waals surface area contributed by atoms with E-state index in [-0.39, 0.29) is 42.6 Å². The van der Waals surface area contributed by atoms with Gasteiger partial charge in [0.05, 0.1) is 68.7 Å². The van der Waals surface area contributed by atoms with Crippen molar-refractivity contribution in [3.05, 3.63) is 46.6 Å². The monoisotopic (exact) mass is 640 g/mol. The molecule has 3 rings (SSSR count). The summed E-state index contributed by atoms with van der Waals surface area (Å²) in [5.41, 5.74) is 1.12. The number of halogens is 1. The number of esters is 2. The highest BCUT2D eigenvalue weighted by Crippen LogP contribution is 2.38. The van der Waals surface area contributed by atoms with Crippen LogP contribution in [0.4, 0.5) is 0 Å². The van der Waals surface area contributed by atoms with Crippen LogP contribution in [0, 0.1) is 5.92 Å². The fraction of sp³-hybridized carbons (Fsp3) is 0.483. The third-order valence-electron chi connectivity index (χ3n) is 6.30. The molecule has 0 aliphatic rings. The van der Waals surface area contributed by atoms with Crippen LogP contribution in [-0.4, -0.2) is 77.0 Å². The van der Waals surface area contributed by atoms with Gasteiger partial charge in [0.25, 0.3) is 10.1 Å². The molecule has 1 aromatic heterocycles. The topological polar surface area (TPSA) is 141 Å². The average molecular weight is 641 g/mol. The summed E-state index contributed by atoms with van der Waals surface area (Å²) in [5, 5.41) is 5.46. The number of ether oxygens (including phenoxy) is 5. The molecule has 0 N–H and O–H groups in total. The molecule has 1 atom stereocenters. The minimum absolute atomic E-state index is 0.126. The normalized spacial score (nSPS) is 12.3. The zero-order valence-corrected chi connectivity index (χ0v) is 26.6. The van der Waals surface area contributed by atoms with E-state index >= 15 is 0 Å². The number of aryl methyl sites for hydroxylation is 1. The van der Waals surface area contributed by atoms with E-state index in [2.05, 4.69) is 5.10 Å². The lowest BCUT2D eigenvalue weighted by atomic mass is 10.1. The predicted molar refractivity (Wildman–Crippen MR) is 160 cm³/mol. The molecule has 14 heteroatoms. The SMILES string of the molecule is COc1cc(C(=O)OC(CCCn2ncc3c(Cl)cc(C(=O)OCC(C)C)cc32)CCOS(C)(=O)=O)cc(OC)c1OC. The maximum absolute atomic E-state index is 13.1. The summed E-state index contributed by atoms with van der Waals surface area (Å²) in [7, 11) is 0.632. The first-order chi connectivity index (χ1) is 20.4. The van der Waals surface area contributed by atoms with Gasteiger partial charge in [-0.3, -0.25) is 8.86 Å². The maximum atomic E-state index is 13.1. The van der Waals surface area contributed by atoms with Gasteiger partial charge in [0.2, 0.25) is 5.75 Å². The number of carbonyl (C=O) groups excluding carboxylic acids is 2. The van der Waals surface area contributed by atoms with Crippen molar-refractivity contribution >= 4 is 44.6 Å². The summed E-state index contributed by atoms with van der Waals surface area (Å²) >= 11 is 6.43. The van der Waals surface area contributed by atoms with Crippen molar-refractivity contribution in [1.29, 1.82) is 0 Å². The molecule has 0 spiro atoms. The zero-order valence-electron chi connectivity index (χ0n) is 25.0. The summed E-state index contributed by atoms with van der Waals surface area (Å²) in [4.78, 5) is 25.7. The van der Waals surface area contributed by atoms with Gasteiger partial charge in [-0.05, 0) is 43.0 Å². The van der Waals surface area contributed by atoms with E-state index in [0.717, 1.165) is 6.26 Å². The molecule has 12 nitrogen and oxygen atoms in total. The van der Waals surface area contributed by atoms with Crippen LogP contribution in [0.15, 0.2) is 30.5 Å². The third kappa shape index (κ3) is 9.47. The first-order valence-corrected chi connectivity index (χ1v) is 15.7. The van der Waals surface area contributed by atoms with Crippen LogP contribution in [0.2, 0.25) is 5.02 Å². The van der Waals surface area contributed by atoms with Crippen molar-refractivity contribution < 1.29 is 45.9 Å². The van der Waals surface area contributed by atoms with E-state index in [1.54, 1.807) is 23.0 Å². The van der Waals surface area contributed by atoms with Gasteiger partial charge < -0.3 is 23.7 Å². The van der Waals surface area contributed by atoms with E-state index in [1.165, 1.54) is 33.5 Å². The Labute approximate surface area is 256 Å². The van der Waals surface area contributed by atoms with Crippen molar-refractivity contribution in [2.45, 2.75) is 45.8 Å². The molecule has 1 unspecified atom stereocenters. The summed E-state index contributed by atoms with van der Waals surface area (Å²) in [6, 6.07) is 6.17. The van der Waals surface area contributed by atoms with Crippen molar-refractivity contribution in [3.63, 3.8) is 0 Å². The van der Waals surface area contributed by atoms with Crippen LogP contribution in [0.25, 0.3) is 10.9 Å². The molecule has 236 valence electrons. The van der Waals surface area contributed by atoms with E-state index in [1.807, 2.05) is 13.8 Å². The number of benzene rings is 2. The number of nitrogens with zero attached hydrogens (tertiary/aromatic N) is 2. The second-order valence-corrected chi connectivity index (χ2v) is 12.2. The number of hydrogen-bond donors (Lipinski definition) is 0. The molecule has 0 saturated heterocycles. The van der Waals surface area contributed by atoms with Gasteiger partial charge in [-0.1, -0.05) is 25.4 Å². The van der Waals surface area contributed by atoms with Gasteiger partial charge in [0, 0.05) is 18.4 Å². The Morgan fingerprint density at radius 1 is 0.953 bits per heavy atom. The Kier molecular flexibility index (Phi) is 12.0. The zero-order chi connectivity index (χ0) is 31.7. The van der Waals surface area contributed by atoms with Gasteiger partial charge >= 0.3 is 11.9 Å². The molecule has 0 bridgehead atoms. The van der Waals surface area contributed by atoms with Crippen molar-refractivity contribution in [1.82, 2.24) is 9.78 Å². The van der Waals surface area contributed by atoms with Crippen LogP contribution >= 0.6 is 11.6 Å². The number of methoxy groups -OCH3 is 3. The number of hydrogen-bond acceptors (Lipinski definition) is 11. The number of rotatable bonds is 16. The van der Waals surface area contributed by atoms with Crippen molar-refractivity contribution in [2.75, 3.05) is 40.8 Å². The van der Waals surface area contributed by atoms with E-state index in [0.29, 0.717) is 46.6 Å². The van der Waals surface area contributed by atoms with Gasteiger partial charge in [-0.25, -0.2) is 9.59 Å². The Balaban J connectivity index is 1.76. The summed E-state index contributed by atoms with van der Waals surface area (Å²) < 4.78 is 56.7. The Bertz CT molecular complexity index is 1510. The molecule has 0 aliphatic heterocycles. The highest BCUT2D eigenvalue weighted by molar-refractivity contribution is 7.85. The van der Waals surface area contributed by atoms with E-state index in [4.69, 9.17) is 39.5 Å². The molecule has 3 aromatic rings. The van der Waals surface area contributed by atoms with Gasteiger partial charge in [-0.2, -0.15) is 13.5 Å². The average Bonchev–Trinajstić information content (AvgIpc) is 3.37. The first-order valence-electron chi connectivity index (χ1n) is 13.5. The Morgan fingerprint density at radius 2 is 1.60 bits per heavy atom. The minimum Gasteiger partial charge on any atom is -0.493 e. The molecular formula is C29H37ClN2O10S. The molecule has 1 heterocycles. The number of aromatic nitrogens is 2. The van der Waals surface area contributed by atoms with E-state index in [9.17, 15) is 18.0 Å². The fourth-order valence-corrected chi connectivity index (χ4v) is 4.90. The van der Waals surface area contributed by atoms with Crippen LogP contribution < -0.4 is 14.2 Å². The second kappa shape index (κ2) is 15.3. The molecule has 0 aliphatic carbocycles.